The van der Waals surface area contributed by atoms with Crippen LogP contribution < -0.4 is 15.2 Å². The van der Waals surface area contributed by atoms with Crippen LogP contribution >= 0.6 is 11.3 Å². The standard InChI is InChI=1S/C27H31N6O5S2/c1-17(13-19-9-6-5-7-10-19)24(34)30-31-25(35)21-14-20(15-23(29-21)32(3)40(4,37)38)27(36)33-12-8-11-22(33)26-28-18(2)16-39-26/h5-7,9-10,14-16,22H,8,11-13H2,1-4H3,(H,30,34)(H,31,35)/t22-/m1/s1. The predicted octanol–water partition coefficient (Wildman–Crippen LogP) is 2.82. The van der Waals surface area contributed by atoms with Crippen molar-refractivity contribution >= 4 is 44.9 Å². The van der Waals surface area contributed by atoms with Crippen molar-refractivity contribution < 1.29 is 22.8 Å². The van der Waals surface area contributed by atoms with Crippen molar-refractivity contribution in [3.8, 4) is 0 Å². The quantitative estimate of drug-likeness (QED) is 0.389. The Bertz CT molecular complexity index is 1510. The fourth-order valence-electron chi connectivity index (χ4n) is 4.31. The van der Waals surface area contributed by atoms with Crippen molar-refractivity contribution in [1.29, 1.82) is 0 Å². The zero-order valence-corrected chi connectivity index (χ0v) is 24.3. The average molecular weight is 584 g/mol. The smallest absolute Gasteiger partial charge is 0.288 e. The molecule has 211 valence electrons. The molecule has 1 saturated heterocycles. The Hall–Kier alpha value is -3.84. The molecule has 1 radical (unpaired) electrons. The normalized spacial score (nSPS) is 15.2. The van der Waals surface area contributed by atoms with Gasteiger partial charge in [-0.25, -0.2) is 18.4 Å². The second kappa shape index (κ2) is 12.1. The van der Waals surface area contributed by atoms with E-state index in [1.807, 2.05) is 42.6 Å². The van der Waals surface area contributed by atoms with E-state index in [-0.39, 0.29) is 29.0 Å². The summed E-state index contributed by atoms with van der Waals surface area (Å²) in [5.74, 6) is -1.29. The van der Waals surface area contributed by atoms with Crippen LogP contribution in [-0.4, -0.2) is 60.9 Å². The van der Waals surface area contributed by atoms with Gasteiger partial charge in [-0.15, -0.1) is 11.3 Å². The highest BCUT2D eigenvalue weighted by atomic mass is 32.2. The number of rotatable bonds is 8. The molecule has 1 fully saturated rings. The van der Waals surface area contributed by atoms with Crippen LogP contribution in [0, 0.1) is 12.8 Å². The summed E-state index contributed by atoms with van der Waals surface area (Å²) in [5, 5.41) is 2.76. The van der Waals surface area contributed by atoms with Gasteiger partial charge in [-0.3, -0.25) is 29.5 Å². The predicted molar refractivity (Wildman–Crippen MR) is 152 cm³/mol. The zero-order chi connectivity index (χ0) is 29.0. The Morgan fingerprint density at radius 1 is 1.12 bits per heavy atom. The molecule has 3 heterocycles. The lowest BCUT2D eigenvalue weighted by Crippen LogP contribution is -2.44. The van der Waals surface area contributed by atoms with Crippen molar-refractivity contribution in [2.45, 2.75) is 39.2 Å². The molecular formula is C27H31N6O5S2. The molecule has 2 aromatic heterocycles. The number of hydrogen-bond donors (Lipinski definition) is 2. The number of sulfonamides is 1. The molecule has 0 spiro atoms. The molecule has 1 atom stereocenters. The van der Waals surface area contributed by atoms with E-state index in [1.165, 1.54) is 30.5 Å². The number of hydrazine groups is 1. The van der Waals surface area contributed by atoms with Gasteiger partial charge in [0.2, 0.25) is 15.9 Å². The van der Waals surface area contributed by atoms with Crippen LogP contribution in [-0.2, 0) is 21.2 Å². The van der Waals surface area contributed by atoms with E-state index in [0.29, 0.717) is 18.9 Å². The first-order chi connectivity index (χ1) is 18.9. The number of amides is 3. The van der Waals surface area contributed by atoms with Gasteiger partial charge in [0.25, 0.3) is 11.8 Å². The van der Waals surface area contributed by atoms with Gasteiger partial charge in [-0.1, -0.05) is 30.3 Å². The molecule has 1 aromatic carbocycles. The highest BCUT2D eigenvalue weighted by molar-refractivity contribution is 7.92. The van der Waals surface area contributed by atoms with Gasteiger partial charge in [0, 0.05) is 30.2 Å². The third-order valence-corrected chi connectivity index (χ3v) is 8.78. The number of aryl methyl sites for hydroxylation is 1. The van der Waals surface area contributed by atoms with Crippen LogP contribution in [0.5, 0.6) is 0 Å². The SMILES string of the molecule is C[C](Cc1ccccc1)C(=O)NNC(=O)c1cc(C(=O)N2CCC[C@@H]2c2nc(C)cs2)cc(N(C)S(C)(=O)=O)n1. The minimum Gasteiger partial charge on any atom is -0.329 e. The fourth-order valence-corrected chi connectivity index (χ4v) is 5.69. The molecule has 0 bridgehead atoms. The fraction of sp³-hybridized carbons (Fsp3) is 0.333. The van der Waals surface area contributed by atoms with Gasteiger partial charge in [-0.2, -0.15) is 0 Å². The van der Waals surface area contributed by atoms with E-state index in [2.05, 4.69) is 20.8 Å². The Morgan fingerprint density at radius 2 is 1.85 bits per heavy atom. The second-order valence-corrected chi connectivity index (χ2v) is 12.6. The van der Waals surface area contributed by atoms with Crippen molar-refractivity contribution in [3.05, 3.63) is 81.3 Å². The summed E-state index contributed by atoms with van der Waals surface area (Å²) in [6, 6.07) is 11.8. The Labute approximate surface area is 237 Å². The molecule has 40 heavy (non-hydrogen) atoms. The number of benzene rings is 1. The van der Waals surface area contributed by atoms with Crippen molar-refractivity contribution in [2.24, 2.45) is 0 Å². The summed E-state index contributed by atoms with van der Waals surface area (Å²) in [4.78, 5) is 49.7. The zero-order valence-electron chi connectivity index (χ0n) is 22.7. The maximum atomic E-state index is 13.7. The number of anilines is 1. The van der Waals surface area contributed by atoms with Crippen molar-refractivity contribution in [3.63, 3.8) is 0 Å². The monoisotopic (exact) mass is 583 g/mol. The lowest BCUT2D eigenvalue weighted by Gasteiger charge is -2.24. The molecule has 11 nitrogen and oxygen atoms in total. The van der Waals surface area contributed by atoms with E-state index >= 15 is 0 Å². The summed E-state index contributed by atoms with van der Waals surface area (Å²) in [6.45, 7) is 4.04. The van der Waals surface area contributed by atoms with Crippen LogP contribution in [0.3, 0.4) is 0 Å². The summed E-state index contributed by atoms with van der Waals surface area (Å²) in [6.07, 6.45) is 2.92. The van der Waals surface area contributed by atoms with Crippen LogP contribution in [0.15, 0.2) is 47.8 Å². The van der Waals surface area contributed by atoms with Crippen molar-refractivity contribution in [1.82, 2.24) is 25.7 Å². The van der Waals surface area contributed by atoms with Gasteiger partial charge in [0.05, 0.1) is 18.2 Å². The molecule has 0 unspecified atom stereocenters. The van der Waals surface area contributed by atoms with E-state index in [4.69, 9.17) is 0 Å². The molecule has 3 aromatic rings. The van der Waals surface area contributed by atoms with E-state index in [9.17, 15) is 22.8 Å². The summed E-state index contributed by atoms with van der Waals surface area (Å²) >= 11 is 1.48. The molecule has 0 saturated carbocycles. The highest BCUT2D eigenvalue weighted by Gasteiger charge is 2.33. The highest BCUT2D eigenvalue weighted by Crippen LogP contribution is 2.35. The summed E-state index contributed by atoms with van der Waals surface area (Å²) in [5.41, 5.74) is 6.38. The number of thiazole rings is 1. The molecule has 4 rings (SSSR count). The van der Waals surface area contributed by atoms with Gasteiger partial charge in [0.15, 0.2) is 0 Å². The summed E-state index contributed by atoms with van der Waals surface area (Å²) < 4.78 is 25.4. The third-order valence-electron chi connectivity index (χ3n) is 6.54. The van der Waals surface area contributed by atoms with Crippen molar-refractivity contribution in [2.75, 3.05) is 24.2 Å². The Morgan fingerprint density at radius 3 is 2.50 bits per heavy atom. The molecule has 1 aliphatic heterocycles. The first-order valence-electron chi connectivity index (χ1n) is 12.6. The Balaban J connectivity index is 1.56. The molecule has 13 heteroatoms. The van der Waals surface area contributed by atoms with Crippen LogP contribution in [0.25, 0.3) is 0 Å². The first kappa shape index (κ1) is 29.2. The lowest BCUT2D eigenvalue weighted by atomic mass is 10.0. The average Bonchev–Trinajstić information content (AvgIpc) is 3.59. The third kappa shape index (κ3) is 6.83. The maximum Gasteiger partial charge on any atom is 0.288 e. The molecule has 0 aliphatic carbocycles. The van der Waals surface area contributed by atoms with E-state index < -0.39 is 21.8 Å². The molecule has 2 N–H and O–H groups in total. The van der Waals surface area contributed by atoms with E-state index in [1.54, 1.807) is 11.8 Å². The topological polar surface area (TPSA) is 142 Å². The number of carbonyl (C=O) groups excluding carboxylic acids is 3. The van der Waals surface area contributed by atoms with Gasteiger partial charge < -0.3 is 4.90 Å². The minimum atomic E-state index is -3.74. The van der Waals surface area contributed by atoms with E-state index in [0.717, 1.165) is 39.7 Å². The molecular weight excluding hydrogens is 552 g/mol. The number of nitrogens with zero attached hydrogens (tertiary/aromatic N) is 4. The van der Waals surface area contributed by atoms with Crippen LogP contribution in [0.1, 0.15) is 62.9 Å². The van der Waals surface area contributed by atoms with Crippen LogP contribution in [0.2, 0.25) is 0 Å². The van der Waals surface area contributed by atoms with Gasteiger partial charge in [0.1, 0.15) is 16.5 Å². The second-order valence-electron chi connectivity index (χ2n) is 9.66. The minimum absolute atomic E-state index is 0.0995. The molecule has 1 aliphatic rings. The molecule has 3 amide bonds. The van der Waals surface area contributed by atoms with Gasteiger partial charge in [-0.05, 0) is 50.8 Å². The van der Waals surface area contributed by atoms with Crippen LogP contribution in [0.4, 0.5) is 5.82 Å². The number of carbonyl (C=O) groups is 3. The first-order valence-corrected chi connectivity index (χ1v) is 15.3. The number of pyridine rings is 1. The number of likely N-dealkylation sites (tertiary alicyclic amines) is 1. The lowest BCUT2D eigenvalue weighted by molar-refractivity contribution is -0.120. The summed E-state index contributed by atoms with van der Waals surface area (Å²) in [7, 11) is -2.46. The van der Waals surface area contributed by atoms with Gasteiger partial charge >= 0.3 is 0 Å². The number of nitrogens with one attached hydrogen (secondary N) is 2. The largest absolute Gasteiger partial charge is 0.329 e. The Kier molecular flexibility index (Phi) is 8.84. The maximum absolute atomic E-state index is 13.7. The number of aromatic nitrogens is 2. The number of hydrogen-bond acceptors (Lipinski definition) is 8.